The Morgan fingerprint density at radius 1 is 1.10 bits per heavy atom. The fourth-order valence-corrected chi connectivity index (χ4v) is 5.11. The van der Waals surface area contributed by atoms with E-state index in [0.29, 0.717) is 38.2 Å². The average molecular weight is 449 g/mol. The van der Waals surface area contributed by atoms with E-state index < -0.39 is 15.4 Å². The Morgan fingerprint density at radius 3 is 2.29 bits per heavy atom. The number of ether oxygens (including phenoxy) is 1. The van der Waals surface area contributed by atoms with Gasteiger partial charge in [-0.25, -0.2) is 17.1 Å². The highest BCUT2D eigenvalue weighted by molar-refractivity contribution is 7.89. The Balaban J connectivity index is 1.72. The summed E-state index contributed by atoms with van der Waals surface area (Å²) in [7, 11) is -1.55. The van der Waals surface area contributed by atoms with Crippen molar-refractivity contribution in [2.24, 2.45) is 0 Å². The summed E-state index contributed by atoms with van der Waals surface area (Å²) >= 11 is 0. The number of sulfonamides is 1. The van der Waals surface area contributed by atoms with E-state index in [4.69, 9.17) is 4.74 Å². The number of likely N-dealkylation sites (N-methyl/N-ethyl adjacent to an activating group) is 1. The summed E-state index contributed by atoms with van der Waals surface area (Å²) in [5, 5.41) is 0. The fourth-order valence-electron chi connectivity index (χ4n) is 4.01. The third-order valence-electron chi connectivity index (χ3n) is 5.93. The first-order valence-corrected chi connectivity index (χ1v) is 12.1. The summed E-state index contributed by atoms with van der Waals surface area (Å²) in [5.74, 6) is 0.217. The number of piperidine rings is 1. The lowest BCUT2D eigenvalue weighted by atomic mass is 9.72. The summed E-state index contributed by atoms with van der Waals surface area (Å²) in [5.41, 5.74) is 0.130. The normalized spacial score (nSPS) is 16.6. The minimum Gasteiger partial charge on any atom is -0.492 e. The van der Waals surface area contributed by atoms with Crippen LogP contribution in [0, 0.1) is 5.82 Å². The van der Waals surface area contributed by atoms with Crippen LogP contribution in [0.25, 0.3) is 0 Å². The third kappa shape index (κ3) is 5.25. The SMILES string of the molecule is CCS(=O)(=O)N1CCC(C(=O)N(C)CCOc2ccc(F)cc2)(c2ccccc2)CC1. The molecule has 8 heteroatoms. The van der Waals surface area contributed by atoms with Crippen molar-refractivity contribution in [1.29, 1.82) is 0 Å². The van der Waals surface area contributed by atoms with Crippen molar-refractivity contribution in [1.82, 2.24) is 9.21 Å². The minimum absolute atomic E-state index is 0.0463. The molecule has 1 amide bonds. The molecule has 0 radical (unpaired) electrons. The largest absolute Gasteiger partial charge is 0.492 e. The maximum absolute atomic E-state index is 13.6. The molecule has 0 saturated carbocycles. The number of hydrogen-bond donors (Lipinski definition) is 0. The van der Waals surface area contributed by atoms with E-state index in [1.54, 1.807) is 31.0 Å². The molecule has 1 aliphatic rings. The van der Waals surface area contributed by atoms with E-state index in [1.807, 2.05) is 30.3 Å². The Kier molecular flexibility index (Phi) is 7.33. The number of nitrogens with zero attached hydrogens (tertiary/aromatic N) is 2. The van der Waals surface area contributed by atoms with Gasteiger partial charge in [-0.05, 0) is 49.6 Å². The summed E-state index contributed by atoms with van der Waals surface area (Å²) in [4.78, 5) is 15.2. The molecule has 1 heterocycles. The predicted octanol–water partition coefficient (Wildman–Crippen LogP) is 3.05. The summed E-state index contributed by atoms with van der Waals surface area (Å²) in [6.07, 6.45) is 0.858. The van der Waals surface area contributed by atoms with Gasteiger partial charge in [0.25, 0.3) is 0 Å². The van der Waals surface area contributed by atoms with Crippen LogP contribution in [0.5, 0.6) is 5.75 Å². The topological polar surface area (TPSA) is 66.9 Å². The lowest BCUT2D eigenvalue weighted by Crippen LogP contribution is -2.53. The average Bonchev–Trinajstić information content (AvgIpc) is 2.80. The van der Waals surface area contributed by atoms with Crippen molar-refractivity contribution in [2.75, 3.05) is 39.0 Å². The molecule has 1 aliphatic heterocycles. The maximum Gasteiger partial charge on any atom is 0.233 e. The highest BCUT2D eigenvalue weighted by Crippen LogP contribution is 2.38. The number of carbonyl (C=O) groups excluding carboxylic acids is 1. The first kappa shape index (κ1) is 23.2. The van der Waals surface area contributed by atoms with E-state index in [9.17, 15) is 17.6 Å². The van der Waals surface area contributed by atoms with Gasteiger partial charge >= 0.3 is 0 Å². The number of rotatable bonds is 8. The van der Waals surface area contributed by atoms with E-state index in [-0.39, 0.29) is 24.1 Å². The molecule has 0 bridgehead atoms. The second-order valence-corrected chi connectivity index (χ2v) is 10.0. The van der Waals surface area contributed by atoms with Crippen LogP contribution in [0.2, 0.25) is 0 Å². The van der Waals surface area contributed by atoms with Crippen molar-refractivity contribution in [3.05, 3.63) is 66.0 Å². The van der Waals surface area contributed by atoms with Gasteiger partial charge in [-0.1, -0.05) is 30.3 Å². The molecule has 168 valence electrons. The quantitative estimate of drug-likeness (QED) is 0.623. The number of benzene rings is 2. The zero-order chi connectivity index (χ0) is 22.5. The van der Waals surface area contributed by atoms with Gasteiger partial charge in [0.15, 0.2) is 0 Å². The maximum atomic E-state index is 13.6. The van der Waals surface area contributed by atoms with E-state index >= 15 is 0 Å². The van der Waals surface area contributed by atoms with E-state index in [1.165, 1.54) is 16.4 Å². The highest BCUT2D eigenvalue weighted by Gasteiger charge is 2.45. The molecule has 2 aromatic carbocycles. The van der Waals surface area contributed by atoms with Gasteiger partial charge in [0, 0.05) is 20.1 Å². The van der Waals surface area contributed by atoms with E-state index in [2.05, 4.69) is 0 Å². The van der Waals surface area contributed by atoms with Gasteiger partial charge in [0.1, 0.15) is 18.2 Å². The van der Waals surface area contributed by atoms with Crippen LogP contribution in [-0.2, 0) is 20.2 Å². The lowest BCUT2D eigenvalue weighted by molar-refractivity contribution is -0.138. The molecule has 6 nitrogen and oxygen atoms in total. The molecule has 2 aromatic rings. The van der Waals surface area contributed by atoms with Crippen molar-refractivity contribution >= 4 is 15.9 Å². The summed E-state index contributed by atoms with van der Waals surface area (Å²) < 4.78 is 44.7. The zero-order valence-corrected chi connectivity index (χ0v) is 18.8. The fraction of sp³-hybridized carbons (Fsp3) is 0.435. The van der Waals surface area contributed by atoms with Gasteiger partial charge in [-0.3, -0.25) is 4.79 Å². The first-order valence-electron chi connectivity index (χ1n) is 10.5. The van der Waals surface area contributed by atoms with E-state index in [0.717, 1.165) is 5.56 Å². The van der Waals surface area contributed by atoms with Gasteiger partial charge < -0.3 is 9.64 Å². The Hall–Kier alpha value is -2.45. The smallest absolute Gasteiger partial charge is 0.233 e. The van der Waals surface area contributed by atoms with Crippen molar-refractivity contribution < 1.29 is 22.3 Å². The minimum atomic E-state index is -3.29. The Morgan fingerprint density at radius 2 is 1.71 bits per heavy atom. The second-order valence-electron chi connectivity index (χ2n) is 7.78. The van der Waals surface area contributed by atoms with Crippen molar-refractivity contribution in [2.45, 2.75) is 25.2 Å². The third-order valence-corrected chi connectivity index (χ3v) is 7.81. The van der Waals surface area contributed by atoms with Crippen LogP contribution in [0.3, 0.4) is 0 Å². The molecule has 0 unspecified atom stereocenters. The Bertz CT molecular complexity index is 972. The van der Waals surface area contributed by atoms with Crippen LogP contribution in [0.1, 0.15) is 25.3 Å². The number of amides is 1. The molecule has 0 aliphatic carbocycles. The number of carbonyl (C=O) groups is 1. The summed E-state index contributed by atoms with van der Waals surface area (Å²) in [6.45, 7) is 2.90. The van der Waals surface area contributed by atoms with Gasteiger partial charge in [0.2, 0.25) is 15.9 Å². The molecule has 0 N–H and O–H groups in total. The van der Waals surface area contributed by atoms with Crippen LogP contribution in [0.15, 0.2) is 54.6 Å². The number of halogens is 1. The summed E-state index contributed by atoms with van der Waals surface area (Å²) in [6, 6.07) is 15.3. The Labute approximate surface area is 183 Å². The van der Waals surface area contributed by atoms with Gasteiger partial charge in [0.05, 0.1) is 17.7 Å². The zero-order valence-electron chi connectivity index (χ0n) is 18.0. The van der Waals surface area contributed by atoms with Gasteiger partial charge in [-0.2, -0.15) is 0 Å². The lowest BCUT2D eigenvalue weighted by Gasteiger charge is -2.42. The van der Waals surface area contributed by atoms with Crippen molar-refractivity contribution in [3.63, 3.8) is 0 Å². The molecule has 1 fully saturated rings. The number of hydrogen-bond acceptors (Lipinski definition) is 4. The molecule has 0 atom stereocenters. The molecule has 1 saturated heterocycles. The first-order chi connectivity index (χ1) is 14.8. The molecule has 31 heavy (non-hydrogen) atoms. The standard InChI is InChI=1S/C23H29FN2O4S/c1-3-31(28,29)26-15-13-23(14-16-26,19-7-5-4-6-8-19)22(27)25(2)17-18-30-21-11-9-20(24)10-12-21/h4-12H,3,13-18H2,1-2H3. The van der Waals surface area contributed by atoms with Gasteiger partial charge in [-0.15, -0.1) is 0 Å². The molecular weight excluding hydrogens is 419 g/mol. The second kappa shape index (κ2) is 9.78. The molecule has 0 spiro atoms. The molecular formula is C23H29FN2O4S. The molecule has 0 aromatic heterocycles. The molecule has 3 rings (SSSR count). The monoisotopic (exact) mass is 448 g/mol. The van der Waals surface area contributed by atoms with Crippen LogP contribution >= 0.6 is 0 Å². The van der Waals surface area contributed by atoms with Crippen LogP contribution in [0.4, 0.5) is 4.39 Å². The van der Waals surface area contributed by atoms with Crippen LogP contribution in [-0.4, -0.2) is 62.6 Å². The predicted molar refractivity (Wildman–Crippen MR) is 118 cm³/mol. The van der Waals surface area contributed by atoms with Crippen molar-refractivity contribution in [3.8, 4) is 5.75 Å². The van der Waals surface area contributed by atoms with Crippen LogP contribution < -0.4 is 4.74 Å². The highest BCUT2D eigenvalue weighted by atomic mass is 32.2.